The molecule has 5 aliphatic rings. The van der Waals surface area contributed by atoms with Crippen molar-refractivity contribution in [3.63, 3.8) is 0 Å². The zero-order valence-corrected chi connectivity index (χ0v) is 22.6. The summed E-state index contributed by atoms with van der Waals surface area (Å²) in [7, 11) is 3.60. The topological polar surface area (TPSA) is 107 Å². The standard InChI is InChI=1S/C27H44N2O8/c1-15-5-7-17(8-6-15)24(31)28(3)14-29(4)25(32)18-9-11-19(12-10-18)26-36-23-21(30)22(35-27(23)37-26)20-13-33-16(2)34-20/h15-23,26-27,30H,5-14H2,1-4H3. The van der Waals surface area contributed by atoms with Gasteiger partial charge in [-0.3, -0.25) is 9.59 Å². The molecule has 2 amide bonds. The first-order valence-corrected chi connectivity index (χ1v) is 14.1. The van der Waals surface area contributed by atoms with Crippen LogP contribution in [-0.2, 0) is 33.3 Å². The first kappa shape index (κ1) is 27.3. The van der Waals surface area contributed by atoms with Gasteiger partial charge in [-0.05, 0) is 64.2 Å². The molecule has 7 unspecified atom stereocenters. The quantitative estimate of drug-likeness (QED) is 0.527. The van der Waals surface area contributed by atoms with Crippen LogP contribution >= 0.6 is 0 Å². The van der Waals surface area contributed by atoms with Crippen LogP contribution < -0.4 is 0 Å². The van der Waals surface area contributed by atoms with Gasteiger partial charge in [0.2, 0.25) is 11.8 Å². The van der Waals surface area contributed by atoms with Crippen LogP contribution in [0.3, 0.4) is 0 Å². The molecule has 5 rings (SSSR count). The number of hydrogen-bond acceptors (Lipinski definition) is 8. The highest BCUT2D eigenvalue weighted by atomic mass is 16.8. The van der Waals surface area contributed by atoms with Crippen LogP contribution in [0, 0.1) is 23.7 Å². The van der Waals surface area contributed by atoms with E-state index in [0.29, 0.717) is 19.2 Å². The molecular weight excluding hydrogens is 480 g/mol. The third-order valence-corrected chi connectivity index (χ3v) is 9.07. The minimum absolute atomic E-state index is 0.0612. The minimum Gasteiger partial charge on any atom is -0.387 e. The van der Waals surface area contributed by atoms with Gasteiger partial charge in [0, 0.05) is 31.8 Å². The number of nitrogens with zero attached hydrogens (tertiary/aromatic N) is 2. The molecule has 5 fully saturated rings. The Hall–Kier alpha value is -1.30. The smallest absolute Gasteiger partial charge is 0.226 e. The number of fused-ring (bicyclic) bond motifs is 1. The highest BCUT2D eigenvalue weighted by Gasteiger charge is 2.56. The molecule has 3 saturated heterocycles. The van der Waals surface area contributed by atoms with Crippen molar-refractivity contribution in [3.05, 3.63) is 0 Å². The fourth-order valence-electron chi connectivity index (χ4n) is 6.72. The van der Waals surface area contributed by atoms with E-state index >= 15 is 0 Å². The molecule has 210 valence electrons. The van der Waals surface area contributed by atoms with E-state index in [2.05, 4.69) is 6.92 Å². The van der Waals surface area contributed by atoms with Crippen LogP contribution in [0.4, 0.5) is 0 Å². The molecule has 0 radical (unpaired) electrons. The molecule has 0 aromatic carbocycles. The van der Waals surface area contributed by atoms with Crippen molar-refractivity contribution in [3.8, 4) is 0 Å². The molecule has 0 aromatic rings. The predicted octanol–water partition coefficient (Wildman–Crippen LogP) is 2.08. The van der Waals surface area contributed by atoms with Crippen LogP contribution in [-0.4, -0.2) is 97.4 Å². The summed E-state index contributed by atoms with van der Waals surface area (Å²) in [4.78, 5) is 29.4. The molecule has 3 heterocycles. The summed E-state index contributed by atoms with van der Waals surface area (Å²) < 4.78 is 29.2. The molecule has 1 N–H and O–H groups in total. The van der Waals surface area contributed by atoms with Gasteiger partial charge in [-0.1, -0.05) is 6.92 Å². The molecule has 37 heavy (non-hydrogen) atoms. The van der Waals surface area contributed by atoms with Gasteiger partial charge in [-0.2, -0.15) is 0 Å². The van der Waals surface area contributed by atoms with Gasteiger partial charge in [0.05, 0.1) is 13.3 Å². The highest BCUT2D eigenvalue weighted by molar-refractivity contribution is 5.81. The van der Waals surface area contributed by atoms with Crippen molar-refractivity contribution in [1.29, 1.82) is 0 Å². The van der Waals surface area contributed by atoms with E-state index in [-0.39, 0.29) is 42.0 Å². The Morgan fingerprint density at radius 1 is 0.757 bits per heavy atom. The average Bonchev–Trinajstić information content (AvgIpc) is 3.59. The Balaban J connectivity index is 1.05. The van der Waals surface area contributed by atoms with Crippen LogP contribution in [0.1, 0.15) is 65.2 Å². The number of aliphatic hydroxyl groups excluding tert-OH is 1. The molecule has 10 nitrogen and oxygen atoms in total. The summed E-state index contributed by atoms with van der Waals surface area (Å²) in [5.41, 5.74) is 0. The largest absolute Gasteiger partial charge is 0.387 e. The van der Waals surface area contributed by atoms with Crippen molar-refractivity contribution < 1.29 is 38.4 Å². The van der Waals surface area contributed by atoms with Crippen molar-refractivity contribution in [2.75, 3.05) is 27.4 Å². The highest BCUT2D eigenvalue weighted by Crippen LogP contribution is 2.42. The summed E-state index contributed by atoms with van der Waals surface area (Å²) in [5.74, 6) is 1.13. The van der Waals surface area contributed by atoms with Crippen molar-refractivity contribution in [2.45, 2.75) is 108 Å². The molecule has 10 heteroatoms. The summed E-state index contributed by atoms with van der Waals surface area (Å²) in [6.07, 6.45) is 3.61. The van der Waals surface area contributed by atoms with E-state index in [0.717, 1.165) is 51.4 Å². The van der Waals surface area contributed by atoms with Gasteiger partial charge in [0.25, 0.3) is 0 Å². The van der Waals surface area contributed by atoms with Gasteiger partial charge in [-0.15, -0.1) is 0 Å². The maximum atomic E-state index is 13.1. The number of amides is 2. The first-order chi connectivity index (χ1) is 17.7. The second-order valence-electron chi connectivity index (χ2n) is 11.9. The van der Waals surface area contributed by atoms with E-state index in [1.807, 2.05) is 6.92 Å². The second kappa shape index (κ2) is 11.4. The first-order valence-electron chi connectivity index (χ1n) is 14.1. The lowest BCUT2D eigenvalue weighted by molar-refractivity contribution is -0.206. The maximum absolute atomic E-state index is 13.1. The van der Waals surface area contributed by atoms with Crippen LogP contribution in [0.25, 0.3) is 0 Å². The summed E-state index contributed by atoms with van der Waals surface area (Å²) in [6, 6.07) is 0. The zero-order valence-electron chi connectivity index (χ0n) is 22.6. The SMILES string of the molecule is CC1CCC(C(=O)N(C)CN(C)C(=O)C2CCC(C3OC4OC(C5COC(C)O5)C(O)C4O3)CC2)CC1. The Morgan fingerprint density at radius 2 is 1.32 bits per heavy atom. The summed E-state index contributed by atoms with van der Waals surface area (Å²) in [5, 5.41) is 10.8. The van der Waals surface area contributed by atoms with E-state index in [9.17, 15) is 14.7 Å². The van der Waals surface area contributed by atoms with Gasteiger partial charge in [0.1, 0.15) is 24.4 Å². The molecular formula is C27H44N2O8. The van der Waals surface area contributed by atoms with Gasteiger partial charge in [0.15, 0.2) is 18.9 Å². The third kappa shape index (κ3) is 5.84. The van der Waals surface area contributed by atoms with Crippen LogP contribution in [0.5, 0.6) is 0 Å². The van der Waals surface area contributed by atoms with E-state index in [4.69, 9.17) is 23.7 Å². The van der Waals surface area contributed by atoms with Gasteiger partial charge in [-0.25, -0.2) is 0 Å². The lowest BCUT2D eigenvalue weighted by Gasteiger charge is -2.35. The summed E-state index contributed by atoms with van der Waals surface area (Å²) in [6.45, 7) is 4.77. The number of rotatable bonds is 6. The lowest BCUT2D eigenvalue weighted by Crippen LogP contribution is -2.45. The minimum atomic E-state index is -0.836. The second-order valence-corrected chi connectivity index (χ2v) is 11.9. The van der Waals surface area contributed by atoms with E-state index < -0.39 is 30.9 Å². The van der Waals surface area contributed by atoms with Crippen molar-refractivity contribution in [1.82, 2.24) is 9.80 Å². The predicted molar refractivity (Wildman–Crippen MR) is 132 cm³/mol. The fourth-order valence-corrected chi connectivity index (χ4v) is 6.72. The molecule has 0 aromatic heterocycles. The number of carbonyl (C=O) groups excluding carboxylic acids is 2. The molecule has 2 saturated carbocycles. The normalized spacial score (nSPS) is 44.0. The number of carbonyl (C=O) groups is 2. The summed E-state index contributed by atoms with van der Waals surface area (Å²) >= 11 is 0. The zero-order chi connectivity index (χ0) is 26.3. The molecule has 7 atom stereocenters. The lowest BCUT2D eigenvalue weighted by atomic mass is 9.81. The Bertz CT molecular complexity index is 812. The molecule has 0 spiro atoms. The maximum Gasteiger partial charge on any atom is 0.226 e. The number of aliphatic hydroxyl groups is 1. The number of ether oxygens (including phenoxy) is 5. The van der Waals surface area contributed by atoms with E-state index in [1.54, 1.807) is 23.9 Å². The average molecular weight is 525 g/mol. The monoisotopic (exact) mass is 524 g/mol. The Morgan fingerprint density at radius 3 is 1.86 bits per heavy atom. The van der Waals surface area contributed by atoms with Gasteiger partial charge >= 0.3 is 0 Å². The molecule has 3 aliphatic heterocycles. The van der Waals surface area contributed by atoms with Crippen LogP contribution in [0.2, 0.25) is 0 Å². The van der Waals surface area contributed by atoms with Gasteiger partial charge < -0.3 is 38.6 Å². The van der Waals surface area contributed by atoms with Crippen molar-refractivity contribution in [2.24, 2.45) is 23.7 Å². The Labute approximate surface area is 219 Å². The number of hydrogen-bond donors (Lipinski definition) is 1. The molecule has 0 bridgehead atoms. The fraction of sp³-hybridized carbons (Fsp3) is 0.926. The van der Waals surface area contributed by atoms with E-state index in [1.165, 1.54) is 0 Å². The molecule has 2 aliphatic carbocycles. The van der Waals surface area contributed by atoms with Crippen molar-refractivity contribution >= 4 is 11.8 Å². The third-order valence-electron chi connectivity index (χ3n) is 9.07. The Kier molecular flexibility index (Phi) is 8.43. The van der Waals surface area contributed by atoms with Crippen LogP contribution in [0.15, 0.2) is 0 Å².